The van der Waals surface area contributed by atoms with Crippen molar-refractivity contribution in [3.05, 3.63) is 0 Å². The molecule has 4 N–H and O–H groups in total. The van der Waals surface area contributed by atoms with Gasteiger partial charge in [-0.1, -0.05) is 0 Å². The van der Waals surface area contributed by atoms with Crippen LogP contribution in [0.3, 0.4) is 0 Å². The SMILES string of the molecule is OC1(O)CCC1(O)O. The van der Waals surface area contributed by atoms with E-state index in [0.29, 0.717) is 0 Å². The second kappa shape index (κ2) is 1.22. The largest absolute Gasteiger partial charge is 0.361 e. The van der Waals surface area contributed by atoms with Gasteiger partial charge in [0, 0.05) is 12.8 Å². The lowest BCUT2D eigenvalue weighted by Gasteiger charge is -2.43. The molecular weight excluding hydrogens is 112 g/mol. The van der Waals surface area contributed by atoms with Gasteiger partial charge in [-0.25, -0.2) is 0 Å². The Hall–Kier alpha value is -0.160. The van der Waals surface area contributed by atoms with E-state index in [0.717, 1.165) is 0 Å². The van der Waals surface area contributed by atoms with Crippen molar-refractivity contribution in [2.45, 2.75) is 24.4 Å². The zero-order valence-electron chi connectivity index (χ0n) is 4.20. The Morgan fingerprint density at radius 1 is 0.750 bits per heavy atom. The maximum atomic E-state index is 8.50. The number of hydrogen-bond donors (Lipinski definition) is 4. The fourth-order valence-electron chi connectivity index (χ4n) is 0.572. The van der Waals surface area contributed by atoms with Gasteiger partial charge in [0.25, 0.3) is 0 Å². The minimum atomic E-state index is -2.27. The predicted octanol–water partition coefficient (Wildman–Crippen LogP) is -1.86. The van der Waals surface area contributed by atoms with Crippen LogP contribution in [-0.4, -0.2) is 32.0 Å². The van der Waals surface area contributed by atoms with Crippen LogP contribution >= 0.6 is 0 Å². The van der Waals surface area contributed by atoms with Crippen molar-refractivity contribution >= 4 is 0 Å². The number of hydrogen-bond acceptors (Lipinski definition) is 4. The standard InChI is InChI=1S/C4H8O4/c5-3(6)1-2-4(3,7)8/h5-8H,1-2H2. The Morgan fingerprint density at radius 2 is 1.00 bits per heavy atom. The predicted molar refractivity (Wildman–Crippen MR) is 23.6 cm³/mol. The van der Waals surface area contributed by atoms with Crippen molar-refractivity contribution in [2.75, 3.05) is 0 Å². The topological polar surface area (TPSA) is 80.9 Å². The van der Waals surface area contributed by atoms with Gasteiger partial charge in [0.05, 0.1) is 0 Å². The Kier molecular flexibility index (Phi) is 0.908. The smallest absolute Gasteiger partial charge is 0.218 e. The molecule has 0 heterocycles. The fourth-order valence-corrected chi connectivity index (χ4v) is 0.572. The van der Waals surface area contributed by atoms with Crippen molar-refractivity contribution in [1.82, 2.24) is 0 Å². The number of aliphatic hydroxyl groups is 4. The van der Waals surface area contributed by atoms with Crippen molar-refractivity contribution in [3.8, 4) is 0 Å². The Labute approximate surface area is 46.0 Å². The summed E-state index contributed by atoms with van der Waals surface area (Å²) in [4.78, 5) is 0. The van der Waals surface area contributed by atoms with E-state index in [2.05, 4.69) is 0 Å². The molecule has 4 heteroatoms. The molecule has 1 rings (SSSR count). The molecule has 0 amide bonds. The minimum absolute atomic E-state index is 0.0278. The summed E-state index contributed by atoms with van der Waals surface area (Å²) in [6.07, 6.45) is 0.0556. The van der Waals surface area contributed by atoms with Gasteiger partial charge in [0.15, 0.2) is 0 Å². The van der Waals surface area contributed by atoms with Gasteiger partial charge in [0.2, 0.25) is 11.6 Å². The molecule has 0 aromatic heterocycles. The van der Waals surface area contributed by atoms with Crippen molar-refractivity contribution in [2.24, 2.45) is 0 Å². The first-order chi connectivity index (χ1) is 3.46. The van der Waals surface area contributed by atoms with Gasteiger partial charge in [-0.2, -0.15) is 0 Å². The Balaban J connectivity index is 2.63. The summed E-state index contributed by atoms with van der Waals surface area (Å²) in [6, 6.07) is 0. The average molecular weight is 120 g/mol. The first-order valence-corrected chi connectivity index (χ1v) is 2.35. The van der Waals surface area contributed by atoms with E-state index in [-0.39, 0.29) is 12.8 Å². The third-order valence-corrected chi connectivity index (χ3v) is 1.46. The third-order valence-electron chi connectivity index (χ3n) is 1.46. The van der Waals surface area contributed by atoms with E-state index in [1.54, 1.807) is 0 Å². The van der Waals surface area contributed by atoms with Crippen LogP contribution in [-0.2, 0) is 0 Å². The lowest BCUT2D eigenvalue weighted by atomic mass is 9.84. The maximum absolute atomic E-state index is 8.50. The van der Waals surface area contributed by atoms with Gasteiger partial charge in [0.1, 0.15) is 0 Å². The molecular formula is C4H8O4. The summed E-state index contributed by atoms with van der Waals surface area (Å²) >= 11 is 0. The van der Waals surface area contributed by atoms with Gasteiger partial charge in [-0.3, -0.25) is 0 Å². The molecule has 48 valence electrons. The monoisotopic (exact) mass is 120 g/mol. The molecule has 0 atom stereocenters. The van der Waals surface area contributed by atoms with E-state index < -0.39 is 11.6 Å². The average Bonchev–Trinajstić information content (AvgIpc) is 1.64. The van der Waals surface area contributed by atoms with Gasteiger partial charge < -0.3 is 20.4 Å². The summed E-state index contributed by atoms with van der Waals surface area (Å²) in [5, 5.41) is 34.0. The van der Waals surface area contributed by atoms with E-state index in [4.69, 9.17) is 20.4 Å². The zero-order valence-corrected chi connectivity index (χ0v) is 4.20. The summed E-state index contributed by atoms with van der Waals surface area (Å²) in [5.41, 5.74) is 0. The molecule has 0 saturated heterocycles. The Bertz CT molecular complexity index is 92.6. The highest BCUT2D eigenvalue weighted by molar-refractivity contribution is 4.93. The van der Waals surface area contributed by atoms with E-state index >= 15 is 0 Å². The van der Waals surface area contributed by atoms with Crippen LogP contribution in [0.5, 0.6) is 0 Å². The summed E-state index contributed by atoms with van der Waals surface area (Å²) in [5.74, 6) is -4.54. The van der Waals surface area contributed by atoms with Crippen LogP contribution in [0.15, 0.2) is 0 Å². The molecule has 1 aliphatic carbocycles. The highest BCUT2D eigenvalue weighted by Crippen LogP contribution is 2.37. The van der Waals surface area contributed by atoms with Crippen LogP contribution in [0.2, 0.25) is 0 Å². The highest BCUT2D eigenvalue weighted by atomic mass is 16.6. The summed E-state index contributed by atoms with van der Waals surface area (Å²) in [7, 11) is 0. The molecule has 1 aliphatic rings. The second-order valence-corrected chi connectivity index (χ2v) is 2.13. The lowest BCUT2D eigenvalue weighted by molar-refractivity contribution is -0.410. The molecule has 0 radical (unpaired) electrons. The van der Waals surface area contributed by atoms with Crippen LogP contribution in [0, 0.1) is 0 Å². The molecule has 4 nitrogen and oxygen atoms in total. The summed E-state index contributed by atoms with van der Waals surface area (Å²) < 4.78 is 0. The van der Waals surface area contributed by atoms with E-state index in [1.807, 2.05) is 0 Å². The minimum Gasteiger partial charge on any atom is -0.361 e. The van der Waals surface area contributed by atoms with Crippen LogP contribution in [0.4, 0.5) is 0 Å². The second-order valence-electron chi connectivity index (χ2n) is 2.13. The molecule has 0 aliphatic heterocycles. The van der Waals surface area contributed by atoms with Gasteiger partial charge in [-0.15, -0.1) is 0 Å². The van der Waals surface area contributed by atoms with Gasteiger partial charge >= 0.3 is 0 Å². The third kappa shape index (κ3) is 0.545. The fraction of sp³-hybridized carbons (Fsp3) is 1.00. The molecule has 0 bridgehead atoms. The quantitative estimate of drug-likeness (QED) is 0.283. The molecule has 0 spiro atoms. The molecule has 0 unspecified atom stereocenters. The first kappa shape index (κ1) is 5.97. The van der Waals surface area contributed by atoms with E-state index in [1.165, 1.54) is 0 Å². The van der Waals surface area contributed by atoms with Crippen molar-refractivity contribution in [3.63, 3.8) is 0 Å². The van der Waals surface area contributed by atoms with Crippen molar-refractivity contribution in [1.29, 1.82) is 0 Å². The lowest BCUT2D eigenvalue weighted by Crippen LogP contribution is -2.62. The molecule has 1 saturated carbocycles. The molecule has 0 aromatic carbocycles. The zero-order chi connectivity index (χ0) is 6.41. The Morgan fingerprint density at radius 3 is 1.00 bits per heavy atom. The van der Waals surface area contributed by atoms with Gasteiger partial charge in [-0.05, 0) is 0 Å². The van der Waals surface area contributed by atoms with Crippen LogP contribution in [0.1, 0.15) is 12.8 Å². The number of rotatable bonds is 0. The highest BCUT2D eigenvalue weighted by Gasteiger charge is 2.56. The molecule has 8 heavy (non-hydrogen) atoms. The summed E-state index contributed by atoms with van der Waals surface area (Å²) in [6.45, 7) is 0. The van der Waals surface area contributed by atoms with Crippen LogP contribution < -0.4 is 0 Å². The molecule has 0 aromatic rings. The first-order valence-electron chi connectivity index (χ1n) is 2.35. The van der Waals surface area contributed by atoms with E-state index in [9.17, 15) is 0 Å². The molecule has 1 fully saturated rings. The maximum Gasteiger partial charge on any atom is 0.218 e. The van der Waals surface area contributed by atoms with Crippen LogP contribution in [0.25, 0.3) is 0 Å². The normalized spacial score (nSPS) is 31.5. The van der Waals surface area contributed by atoms with Crippen molar-refractivity contribution < 1.29 is 20.4 Å².